The Balaban J connectivity index is 1.28. The lowest BCUT2D eigenvalue weighted by molar-refractivity contribution is -0.120. The van der Waals surface area contributed by atoms with E-state index in [0.29, 0.717) is 30.1 Å². The van der Waals surface area contributed by atoms with Gasteiger partial charge >= 0.3 is 0 Å². The van der Waals surface area contributed by atoms with Gasteiger partial charge in [-0.25, -0.2) is 9.97 Å². The van der Waals surface area contributed by atoms with E-state index in [1.165, 1.54) is 11.9 Å². The molecule has 2 aliphatic heterocycles. The SMILES string of the molecule is CC(=O)NC1CCN(C2CCN(C(=O)c3ncnc(NCCc4ccc(Cl)c(C)c4)c3C)CC2)CC1. The molecule has 2 aliphatic rings. The summed E-state index contributed by atoms with van der Waals surface area (Å²) >= 11 is 6.13. The average molecular weight is 513 g/mol. The molecular weight excluding hydrogens is 476 g/mol. The van der Waals surface area contributed by atoms with Crippen LogP contribution in [0.3, 0.4) is 0 Å². The van der Waals surface area contributed by atoms with Gasteiger partial charge in [-0.15, -0.1) is 0 Å². The number of likely N-dealkylation sites (tertiary alicyclic amines) is 2. The highest BCUT2D eigenvalue weighted by molar-refractivity contribution is 6.31. The third-order valence-electron chi connectivity index (χ3n) is 7.42. The molecule has 2 saturated heterocycles. The van der Waals surface area contributed by atoms with Crippen molar-refractivity contribution in [3.8, 4) is 0 Å². The predicted molar refractivity (Wildman–Crippen MR) is 142 cm³/mol. The lowest BCUT2D eigenvalue weighted by Gasteiger charge is -2.41. The second-order valence-corrected chi connectivity index (χ2v) is 10.4. The monoisotopic (exact) mass is 512 g/mol. The predicted octanol–water partition coefficient (Wildman–Crippen LogP) is 3.61. The molecule has 1 aromatic heterocycles. The summed E-state index contributed by atoms with van der Waals surface area (Å²) in [4.78, 5) is 37.8. The van der Waals surface area contributed by atoms with E-state index in [1.807, 2.05) is 30.9 Å². The Morgan fingerprint density at radius 2 is 1.78 bits per heavy atom. The van der Waals surface area contributed by atoms with E-state index >= 15 is 0 Å². The van der Waals surface area contributed by atoms with E-state index < -0.39 is 0 Å². The Kier molecular flexibility index (Phi) is 8.80. The summed E-state index contributed by atoms with van der Waals surface area (Å²) < 4.78 is 0. The van der Waals surface area contributed by atoms with Crippen LogP contribution in [-0.4, -0.2) is 76.4 Å². The molecule has 0 atom stereocenters. The number of hydrogen-bond donors (Lipinski definition) is 2. The van der Waals surface area contributed by atoms with E-state index in [1.54, 1.807) is 6.92 Å². The number of amides is 2. The lowest BCUT2D eigenvalue weighted by atomic mass is 9.97. The highest BCUT2D eigenvalue weighted by Crippen LogP contribution is 2.24. The van der Waals surface area contributed by atoms with Crippen LogP contribution in [0, 0.1) is 13.8 Å². The normalized spacial score (nSPS) is 17.7. The van der Waals surface area contributed by atoms with Crippen molar-refractivity contribution < 1.29 is 9.59 Å². The molecule has 1 aromatic carbocycles. The van der Waals surface area contributed by atoms with E-state index in [0.717, 1.165) is 74.4 Å². The second kappa shape index (κ2) is 12.0. The van der Waals surface area contributed by atoms with Crippen molar-refractivity contribution in [2.24, 2.45) is 0 Å². The Morgan fingerprint density at radius 1 is 1.06 bits per heavy atom. The Bertz CT molecular complexity index is 1080. The molecule has 0 radical (unpaired) electrons. The number of hydrogen-bond acceptors (Lipinski definition) is 6. The number of nitrogens with zero attached hydrogens (tertiary/aromatic N) is 4. The molecule has 2 aromatic rings. The summed E-state index contributed by atoms with van der Waals surface area (Å²) in [6.07, 6.45) is 6.22. The van der Waals surface area contributed by atoms with Crippen LogP contribution in [0.25, 0.3) is 0 Å². The molecule has 0 aliphatic carbocycles. The molecule has 2 N–H and O–H groups in total. The van der Waals surface area contributed by atoms with Crippen LogP contribution in [0.1, 0.15) is 59.8 Å². The highest BCUT2D eigenvalue weighted by Gasteiger charge is 2.31. The maximum absolute atomic E-state index is 13.3. The van der Waals surface area contributed by atoms with Crippen LogP contribution in [0.4, 0.5) is 5.82 Å². The first kappa shape index (κ1) is 26.4. The summed E-state index contributed by atoms with van der Waals surface area (Å²) in [5.74, 6) is 0.736. The number of nitrogens with one attached hydrogen (secondary N) is 2. The van der Waals surface area contributed by atoms with Crippen LogP contribution >= 0.6 is 11.6 Å². The van der Waals surface area contributed by atoms with Crippen molar-refractivity contribution in [2.45, 2.75) is 65.0 Å². The van der Waals surface area contributed by atoms with Gasteiger partial charge in [-0.05, 0) is 63.1 Å². The fourth-order valence-corrected chi connectivity index (χ4v) is 5.43. The van der Waals surface area contributed by atoms with Crippen molar-refractivity contribution in [3.63, 3.8) is 0 Å². The maximum Gasteiger partial charge on any atom is 0.272 e. The smallest absolute Gasteiger partial charge is 0.272 e. The number of piperidine rings is 2. The number of carbonyl (C=O) groups is 2. The van der Waals surface area contributed by atoms with Gasteiger partial charge in [-0.3, -0.25) is 9.59 Å². The fraction of sp³-hybridized carbons (Fsp3) is 0.556. The van der Waals surface area contributed by atoms with Crippen LogP contribution in [0.15, 0.2) is 24.5 Å². The van der Waals surface area contributed by atoms with Gasteiger partial charge in [-0.1, -0.05) is 23.7 Å². The molecule has 4 rings (SSSR count). The van der Waals surface area contributed by atoms with Crippen LogP contribution in [-0.2, 0) is 11.2 Å². The topological polar surface area (TPSA) is 90.5 Å². The van der Waals surface area contributed by atoms with Crippen molar-refractivity contribution >= 4 is 29.2 Å². The summed E-state index contributed by atoms with van der Waals surface area (Å²) in [5.41, 5.74) is 3.54. The summed E-state index contributed by atoms with van der Waals surface area (Å²) in [6.45, 7) is 9.67. The van der Waals surface area contributed by atoms with Crippen LogP contribution < -0.4 is 10.6 Å². The summed E-state index contributed by atoms with van der Waals surface area (Å²) in [7, 11) is 0. The molecule has 0 unspecified atom stereocenters. The van der Waals surface area contributed by atoms with Crippen molar-refractivity contribution in [2.75, 3.05) is 38.0 Å². The fourth-order valence-electron chi connectivity index (χ4n) is 5.31. The molecule has 2 fully saturated rings. The van der Waals surface area contributed by atoms with E-state index in [-0.39, 0.29) is 11.8 Å². The van der Waals surface area contributed by atoms with Gasteiger partial charge in [0.2, 0.25) is 5.91 Å². The second-order valence-electron chi connectivity index (χ2n) is 9.99. The van der Waals surface area contributed by atoms with Crippen LogP contribution in [0.2, 0.25) is 5.02 Å². The van der Waals surface area contributed by atoms with Gasteiger partial charge in [0.1, 0.15) is 17.8 Å². The average Bonchev–Trinajstić information content (AvgIpc) is 2.87. The quantitative estimate of drug-likeness (QED) is 0.589. The molecule has 2 amide bonds. The minimum atomic E-state index is -0.0194. The van der Waals surface area contributed by atoms with E-state index in [9.17, 15) is 9.59 Å². The Labute approximate surface area is 218 Å². The summed E-state index contributed by atoms with van der Waals surface area (Å²) in [6, 6.07) is 6.84. The lowest BCUT2D eigenvalue weighted by Crippen LogP contribution is -2.51. The van der Waals surface area contributed by atoms with Gasteiger partial charge in [0.15, 0.2) is 0 Å². The number of carbonyl (C=O) groups excluding carboxylic acids is 2. The number of halogens is 1. The Hall–Kier alpha value is -2.71. The number of benzene rings is 1. The number of anilines is 1. The first-order valence-electron chi connectivity index (χ1n) is 12.9. The van der Waals surface area contributed by atoms with Gasteiger partial charge in [0, 0.05) is 62.3 Å². The van der Waals surface area contributed by atoms with E-state index in [2.05, 4.69) is 31.6 Å². The van der Waals surface area contributed by atoms with Gasteiger partial charge in [0.05, 0.1) is 0 Å². The number of aryl methyl sites for hydroxylation is 1. The standard InChI is InChI=1S/C27H37ClN6O2/c1-18-16-21(4-5-24(18)28)6-11-29-26-19(2)25(30-17-31-26)27(36)34-14-9-23(10-15-34)33-12-7-22(8-13-33)32-20(3)35/h4-5,16-17,22-23H,6-15H2,1-3H3,(H,32,35)(H,29,30,31). The molecule has 0 spiro atoms. The third-order valence-corrected chi connectivity index (χ3v) is 7.84. The largest absolute Gasteiger partial charge is 0.369 e. The first-order valence-corrected chi connectivity index (χ1v) is 13.3. The molecule has 194 valence electrons. The zero-order valence-electron chi connectivity index (χ0n) is 21.5. The highest BCUT2D eigenvalue weighted by atomic mass is 35.5. The van der Waals surface area contributed by atoms with Gasteiger partial charge in [0.25, 0.3) is 5.91 Å². The van der Waals surface area contributed by atoms with Gasteiger partial charge in [-0.2, -0.15) is 0 Å². The minimum Gasteiger partial charge on any atom is -0.369 e. The molecule has 36 heavy (non-hydrogen) atoms. The van der Waals surface area contributed by atoms with Crippen LogP contribution in [0.5, 0.6) is 0 Å². The zero-order chi connectivity index (χ0) is 25.7. The maximum atomic E-state index is 13.3. The molecule has 9 heteroatoms. The third kappa shape index (κ3) is 6.53. The zero-order valence-corrected chi connectivity index (χ0v) is 22.3. The molecule has 3 heterocycles. The first-order chi connectivity index (χ1) is 17.3. The molecule has 8 nitrogen and oxygen atoms in total. The van der Waals surface area contributed by atoms with E-state index in [4.69, 9.17) is 11.6 Å². The van der Waals surface area contributed by atoms with Crippen molar-refractivity contribution in [3.05, 3.63) is 51.9 Å². The number of aromatic nitrogens is 2. The van der Waals surface area contributed by atoms with Crippen molar-refractivity contribution in [1.82, 2.24) is 25.1 Å². The molecule has 0 saturated carbocycles. The molecule has 0 bridgehead atoms. The van der Waals surface area contributed by atoms with Gasteiger partial charge < -0.3 is 20.4 Å². The summed E-state index contributed by atoms with van der Waals surface area (Å²) in [5, 5.41) is 7.19. The molecular formula is C27H37ClN6O2. The number of rotatable bonds is 7. The Morgan fingerprint density at radius 3 is 2.44 bits per heavy atom. The van der Waals surface area contributed by atoms with Crippen molar-refractivity contribution in [1.29, 1.82) is 0 Å². The minimum absolute atomic E-state index is 0.0194.